The molecule has 2 rings (SSSR count). The molecule has 9 nitrogen and oxygen atoms in total. The molecule has 2 aromatic carbocycles. The van der Waals surface area contributed by atoms with Crippen LogP contribution in [0.25, 0.3) is 0 Å². The molecular formula is C31H45NO8. The molecule has 9 heteroatoms. The molecular weight excluding hydrogens is 514 g/mol. The molecule has 0 fully saturated rings. The number of carbonyl (C=O) groups excluding carboxylic acids is 2. The van der Waals surface area contributed by atoms with Crippen LogP contribution >= 0.6 is 0 Å². The summed E-state index contributed by atoms with van der Waals surface area (Å²) < 4.78 is 32.9. The highest BCUT2D eigenvalue weighted by molar-refractivity contribution is 6.06. The Bertz CT molecular complexity index is 1130. The Morgan fingerprint density at radius 2 is 1.35 bits per heavy atom. The number of methoxy groups -OCH3 is 4. The lowest BCUT2D eigenvalue weighted by Crippen LogP contribution is -2.48. The summed E-state index contributed by atoms with van der Waals surface area (Å²) in [7, 11) is 8.28. The first kappa shape index (κ1) is 32.8. The fourth-order valence-corrected chi connectivity index (χ4v) is 4.47. The Balaban J connectivity index is 2.31. The van der Waals surface area contributed by atoms with Crippen molar-refractivity contribution in [3.8, 4) is 23.0 Å². The SMILES string of the molecule is CCOC(=O)C(CCCN(C)CCc1ccc(OC)c(OC)c1)(C(=O)OC(C)(C)C)c1ccc(OC)c(OC)c1. The Kier molecular flexibility index (Phi) is 12.1. The lowest BCUT2D eigenvalue weighted by atomic mass is 9.76. The average Bonchev–Trinajstić information content (AvgIpc) is 2.92. The summed E-state index contributed by atoms with van der Waals surface area (Å²) in [6.45, 7) is 8.58. The molecule has 0 aliphatic heterocycles. The van der Waals surface area contributed by atoms with Gasteiger partial charge in [0.05, 0.1) is 35.0 Å². The fraction of sp³-hybridized carbons (Fsp3) is 0.548. The van der Waals surface area contributed by atoms with Gasteiger partial charge in [0, 0.05) is 6.54 Å². The average molecular weight is 560 g/mol. The Labute approximate surface area is 238 Å². The van der Waals surface area contributed by atoms with E-state index in [0.29, 0.717) is 41.5 Å². The van der Waals surface area contributed by atoms with E-state index in [9.17, 15) is 9.59 Å². The van der Waals surface area contributed by atoms with E-state index in [2.05, 4.69) is 4.90 Å². The molecule has 1 unspecified atom stereocenters. The van der Waals surface area contributed by atoms with Crippen LogP contribution in [-0.2, 0) is 30.9 Å². The van der Waals surface area contributed by atoms with Gasteiger partial charge in [-0.25, -0.2) is 0 Å². The molecule has 0 amide bonds. The number of ether oxygens (including phenoxy) is 6. The zero-order chi connectivity index (χ0) is 29.9. The first-order valence-corrected chi connectivity index (χ1v) is 13.5. The maximum absolute atomic E-state index is 13.8. The minimum atomic E-state index is -1.67. The van der Waals surface area contributed by atoms with Gasteiger partial charge in [0.1, 0.15) is 5.60 Å². The first-order chi connectivity index (χ1) is 18.9. The molecule has 0 aliphatic rings. The minimum absolute atomic E-state index is 0.127. The molecule has 1 atom stereocenters. The number of rotatable bonds is 15. The summed E-state index contributed by atoms with van der Waals surface area (Å²) >= 11 is 0. The molecule has 0 saturated heterocycles. The van der Waals surface area contributed by atoms with Gasteiger partial charge in [-0.2, -0.15) is 0 Å². The molecule has 2 aromatic rings. The van der Waals surface area contributed by atoms with E-state index >= 15 is 0 Å². The Hall–Kier alpha value is -3.46. The maximum atomic E-state index is 13.8. The van der Waals surface area contributed by atoms with Crippen LogP contribution in [0.15, 0.2) is 36.4 Å². The van der Waals surface area contributed by atoms with Crippen LogP contribution in [0.3, 0.4) is 0 Å². The minimum Gasteiger partial charge on any atom is -0.493 e. The number of hydrogen-bond acceptors (Lipinski definition) is 9. The maximum Gasteiger partial charge on any atom is 0.328 e. The number of benzene rings is 2. The quantitative estimate of drug-likeness (QED) is 0.225. The molecule has 0 heterocycles. The van der Waals surface area contributed by atoms with Crippen LogP contribution in [0, 0.1) is 0 Å². The molecule has 0 aromatic heterocycles. The van der Waals surface area contributed by atoms with Crippen molar-refractivity contribution in [2.75, 3.05) is 55.2 Å². The van der Waals surface area contributed by atoms with Gasteiger partial charge < -0.3 is 33.3 Å². The van der Waals surface area contributed by atoms with Crippen LogP contribution in [0.2, 0.25) is 0 Å². The van der Waals surface area contributed by atoms with Crippen LogP contribution in [0.1, 0.15) is 51.7 Å². The van der Waals surface area contributed by atoms with Crippen molar-refractivity contribution >= 4 is 11.9 Å². The van der Waals surface area contributed by atoms with E-state index in [1.165, 1.54) is 14.2 Å². The number of hydrogen-bond donors (Lipinski definition) is 0. The highest BCUT2D eigenvalue weighted by atomic mass is 16.6. The van der Waals surface area contributed by atoms with Crippen molar-refractivity contribution in [3.05, 3.63) is 47.5 Å². The molecule has 40 heavy (non-hydrogen) atoms. The van der Waals surface area contributed by atoms with Gasteiger partial charge in [-0.3, -0.25) is 9.59 Å². The van der Waals surface area contributed by atoms with E-state index in [1.54, 1.807) is 60.1 Å². The van der Waals surface area contributed by atoms with Crippen LogP contribution in [-0.4, -0.2) is 77.6 Å². The summed E-state index contributed by atoms with van der Waals surface area (Å²) in [5, 5.41) is 0. The van der Waals surface area contributed by atoms with E-state index in [1.807, 2.05) is 25.2 Å². The standard InChI is InChI=1S/C31H45NO8/c1-10-39-28(33)31(29(34)40-30(2,3)4,23-13-15-25(36-7)27(21-23)38-9)17-11-18-32(5)19-16-22-12-14-24(35-6)26(20-22)37-8/h12-15,20-21H,10-11,16-19H2,1-9H3. The van der Waals surface area contributed by atoms with Gasteiger partial charge in [0.25, 0.3) is 0 Å². The van der Waals surface area contributed by atoms with E-state index in [-0.39, 0.29) is 13.0 Å². The number of nitrogens with zero attached hydrogens (tertiary/aromatic N) is 1. The van der Waals surface area contributed by atoms with Crippen molar-refractivity contribution in [3.63, 3.8) is 0 Å². The number of esters is 2. The van der Waals surface area contributed by atoms with Crippen molar-refractivity contribution in [1.29, 1.82) is 0 Å². The number of carbonyl (C=O) groups is 2. The summed E-state index contributed by atoms with van der Waals surface area (Å²) in [5.74, 6) is 0.969. The third-order valence-corrected chi connectivity index (χ3v) is 6.57. The van der Waals surface area contributed by atoms with Crippen molar-refractivity contribution in [2.24, 2.45) is 0 Å². The van der Waals surface area contributed by atoms with Gasteiger partial charge in [-0.05, 0) is 95.9 Å². The van der Waals surface area contributed by atoms with Gasteiger partial charge >= 0.3 is 11.9 Å². The van der Waals surface area contributed by atoms with Crippen molar-refractivity contribution < 1.29 is 38.0 Å². The summed E-state index contributed by atoms with van der Waals surface area (Å²) in [4.78, 5) is 29.6. The smallest absolute Gasteiger partial charge is 0.328 e. The fourth-order valence-electron chi connectivity index (χ4n) is 4.47. The predicted molar refractivity (Wildman–Crippen MR) is 154 cm³/mol. The van der Waals surface area contributed by atoms with Gasteiger partial charge in [-0.1, -0.05) is 12.1 Å². The molecule has 0 spiro atoms. The lowest BCUT2D eigenvalue weighted by Gasteiger charge is -2.33. The molecule has 0 bridgehead atoms. The van der Waals surface area contributed by atoms with Gasteiger partial charge in [-0.15, -0.1) is 0 Å². The van der Waals surface area contributed by atoms with Gasteiger partial charge in [0.15, 0.2) is 28.4 Å². The third kappa shape index (κ3) is 8.27. The predicted octanol–water partition coefficient (Wildman–Crippen LogP) is 4.82. The Morgan fingerprint density at radius 1 is 0.775 bits per heavy atom. The topological polar surface area (TPSA) is 92.8 Å². The first-order valence-electron chi connectivity index (χ1n) is 13.5. The monoisotopic (exact) mass is 559 g/mol. The highest BCUT2D eigenvalue weighted by Gasteiger charge is 2.51. The van der Waals surface area contributed by atoms with Crippen LogP contribution < -0.4 is 18.9 Å². The second-order valence-electron chi connectivity index (χ2n) is 10.5. The van der Waals surface area contributed by atoms with Gasteiger partial charge in [0.2, 0.25) is 0 Å². The highest BCUT2D eigenvalue weighted by Crippen LogP contribution is 2.39. The normalized spacial score (nSPS) is 12.8. The van der Waals surface area contributed by atoms with E-state index in [0.717, 1.165) is 18.5 Å². The largest absolute Gasteiger partial charge is 0.493 e. The second kappa shape index (κ2) is 14.8. The lowest BCUT2D eigenvalue weighted by molar-refractivity contribution is -0.173. The molecule has 0 aliphatic carbocycles. The van der Waals surface area contributed by atoms with Crippen LogP contribution in [0.5, 0.6) is 23.0 Å². The van der Waals surface area contributed by atoms with Crippen LogP contribution in [0.4, 0.5) is 0 Å². The molecule has 222 valence electrons. The molecule has 0 radical (unpaired) electrons. The second-order valence-corrected chi connectivity index (χ2v) is 10.5. The summed E-state index contributed by atoms with van der Waals surface area (Å²) in [6, 6.07) is 10.9. The van der Waals surface area contributed by atoms with Crippen molar-refractivity contribution in [1.82, 2.24) is 4.90 Å². The molecule has 0 saturated carbocycles. The molecule has 0 N–H and O–H groups in total. The number of likely N-dealkylation sites (N-methyl/N-ethyl adjacent to an activating group) is 1. The Morgan fingerprint density at radius 3 is 1.90 bits per heavy atom. The zero-order valence-electron chi connectivity index (χ0n) is 25.4. The summed E-state index contributed by atoms with van der Waals surface area (Å²) in [5.41, 5.74) is -0.926. The van der Waals surface area contributed by atoms with E-state index < -0.39 is 23.0 Å². The van der Waals surface area contributed by atoms with E-state index in [4.69, 9.17) is 28.4 Å². The van der Waals surface area contributed by atoms with Crippen molar-refractivity contribution in [2.45, 2.75) is 58.0 Å². The third-order valence-electron chi connectivity index (χ3n) is 6.57. The zero-order valence-corrected chi connectivity index (χ0v) is 25.4. The summed E-state index contributed by atoms with van der Waals surface area (Å²) in [6.07, 6.45) is 1.52.